The van der Waals surface area contributed by atoms with Crippen molar-refractivity contribution in [3.63, 3.8) is 0 Å². The van der Waals surface area contributed by atoms with Crippen molar-refractivity contribution in [3.8, 4) is 0 Å². The summed E-state index contributed by atoms with van der Waals surface area (Å²) < 4.78 is 0. The van der Waals surface area contributed by atoms with Gasteiger partial charge in [0.1, 0.15) is 0 Å². The Morgan fingerprint density at radius 2 is 1.71 bits per heavy atom. The smallest absolute Gasteiger partial charge is 0.253 e. The van der Waals surface area contributed by atoms with Gasteiger partial charge in [0.15, 0.2) is 5.96 Å². The van der Waals surface area contributed by atoms with Gasteiger partial charge in [0.2, 0.25) is 5.91 Å². The Kier molecular flexibility index (Phi) is 7.56. The number of benzene rings is 2. The predicted molar refractivity (Wildman–Crippen MR) is 111 cm³/mol. The van der Waals surface area contributed by atoms with Crippen molar-refractivity contribution in [2.75, 3.05) is 27.7 Å². The van der Waals surface area contributed by atoms with Crippen LogP contribution in [0.15, 0.2) is 53.5 Å². The van der Waals surface area contributed by atoms with Crippen LogP contribution in [0.1, 0.15) is 31.8 Å². The van der Waals surface area contributed by atoms with Crippen molar-refractivity contribution in [1.82, 2.24) is 15.5 Å². The van der Waals surface area contributed by atoms with Crippen molar-refractivity contribution in [2.45, 2.75) is 13.0 Å². The number of nitrogens with zero attached hydrogens (tertiary/aromatic N) is 2. The van der Waals surface area contributed by atoms with Crippen LogP contribution < -0.4 is 16.4 Å². The second-order valence-electron chi connectivity index (χ2n) is 6.56. The molecule has 148 valence electrons. The third-order valence-electron chi connectivity index (χ3n) is 4.21. The average molecular weight is 381 g/mol. The van der Waals surface area contributed by atoms with E-state index in [1.165, 1.54) is 0 Å². The molecular weight excluding hydrogens is 354 g/mol. The first-order chi connectivity index (χ1) is 13.4. The minimum Gasteiger partial charge on any atom is -0.366 e. The Morgan fingerprint density at radius 1 is 1.00 bits per heavy atom. The van der Waals surface area contributed by atoms with Gasteiger partial charge in [-0.1, -0.05) is 24.3 Å². The minimum absolute atomic E-state index is 0.00496. The van der Waals surface area contributed by atoms with Crippen molar-refractivity contribution in [1.29, 1.82) is 0 Å². The molecule has 0 aliphatic rings. The van der Waals surface area contributed by atoms with E-state index in [2.05, 4.69) is 15.6 Å². The van der Waals surface area contributed by atoms with E-state index in [1.54, 1.807) is 38.2 Å². The lowest BCUT2D eigenvalue weighted by Gasteiger charge is -2.13. The summed E-state index contributed by atoms with van der Waals surface area (Å²) in [6.07, 6.45) is 0.766. The first-order valence-corrected chi connectivity index (χ1v) is 9.04. The monoisotopic (exact) mass is 381 g/mol. The standard InChI is InChI=1S/C21H27N5O2/c1-23-21(25-14-16-7-9-17(10-8-16)19(22)27)24-12-11-15-5-4-6-18(13-15)20(28)26(2)3/h4-10,13H,11-12,14H2,1-3H3,(H2,22,27)(H2,23,24,25). The predicted octanol–water partition coefficient (Wildman–Crippen LogP) is 1.40. The van der Waals surface area contributed by atoms with Gasteiger partial charge in [-0.05, 0) is 41.8 Å². The maximum absolute atomic E-state index is 12.1. The highest BCUT2D eigenvalue weighted by Crippen LogP contribution is 2.08. The van der Waals surface area contributed by atoms with E-state index < -0.39 is 5.91 Å². The maximum atomic E-state index is 12.1. The summed E-state index contributed by atoms with van der Waals surface area (Å²) in [7, 11) is 5.20. The molecule has 0 heterocycles. The zero-order chi connectivity index (χ0) is 20.5. The van der Waals surface area contributed by atoms with Crippen LogP contribution in [0.3, 0.4) is 0 Å². The van der Waals surface area contributed by atoms with E-state index in [0.717, 1.165) is 17.5 Å². The Bertz CT molecular complexity index is 844. The lowest BCUT2D eigenvalue weighted by Crippen LogP contribution is -2.37. The second kappa shape index (κ2) is 10.1. The molecular formula is C21H27N5O2. The molecule has 0 atom stereocenters. The van der Waals surface area contributed by atoms with Crippen LogP contribution in [0.25, 0.3) is 0 Å². The Morgan fingerprint density at radius 3 is 2.32 bits per heavy atom. The lowest BCUT2D eigenvalue weighted by atomic mass is 10.1. The van der Waals surface area contributed by atoms with Gasteiger partial charge >= 0.3 is 0 Å². The second-order valence-corrected chi connectivity index (χ2v) is 6.56. The molecule has 4 N–H and O–H groups in total. The van der Waals surface area contributed by atoms with Crippen molar-refractivity contribution in [3.05, 3.63) is 70.8 Å². The van der Waals surface area contributed by atoms with Gasteiger partial charge in [-0.25, -0.2) is 0 Å². The number of nitrogens with one attached hydrogen (secondary N) is 2. The van der Waals surface area contributed by atoms with E-state index in [4.69, 9.17) is 5.73 Å². The van der Waals surface area contributed by atoms with E-state index in [-0.39, 0.29) is 5.91 Å². The molecule has 28 heavy (non-hydrogen) atoms. The van der Waals surface area contributed by atoms with Crippen molar-refractivity contribution in [2.24, 2.45) is 10.7 Å². The number of carbonyl (C=O) groups is 2. The third kappa shape index (κ3) is 6.12. The summed E-state index contributed by atoms with van der Waals surface area (Å²) in [5.41, 5.74) is 8.52. The fourth-order valence-electron chi connectivity index (χ4n) is 2.64. The zero-order valence-corrected chi connectivity index (χ0v) is 16.5. The molecule has 2 aromatic carbocycles. The highest BCUT2D eigenvalue weighted by Gasteiger charge is 2.08. The molecule has 7 heteroatoms. The fraction of sp³-hybridized carbons (Fsp3) is 0.286. The molecule has 0 aliphatic carbocycles. The maximum Gasteiger partial charge on any atom is 0.253 e. The summed E-state index contributed by atoms with van der Waals surface area (Å²) in [4.78, 5) is 28.9. The number of rotatable bonds is 7. The van der Waals surface area contributed by atoms with Gasteiger partial charge < -0.3 is 21.3 Å². The summed E-state index contributed by atoms with van der Waals surface area (Å²) in [6, 6.07) is 14.8. The molecule has 0 aromatic heterocycles. The van der Waals surface area contributed by atoms with Crippen LogP contribution in [0.5, 0.6) is 0 Å². The molecule has 0 aliphatic heterocycles. The Hall–Kier alpha value is -3.35. The Balaban J connectivity index is 1.83. The highest BCUT2D eigenvalue weighted by molar-refractivity contribution is 5.94. The van der Waals surface area contributed by atoms with Crippen LogP contribution >= 0.6 is 0 Å². The number of primary amides is 1. The molecule has 0 unspecified atom stereocenters. The van der Waals surface area contributed by atoms with Crippen LogP contribution in [-0.4, -0.2) is 50.4 Å². The topological polar surface area (TPSA) is 99.8 Å². The molecule has 2 amide bonds. The van der Waals surface area contributed by atoms with Gasteiger partial charge in [0.05, 0.1) is 0 Å². The number of hydrogen-bond donors (Lipinski definition) is 3. The molecule has 7 nitrogen and oxygen atoms in total. The normalized spacial score (nSPS) is 11.0. The third-order valence-corrected chi connectivity index (χ3v) is 4.21. The highest BCUT2D eigenvalue weighted by atomic mass is 16.2. The summed E-state index contributed by atoms with van der Waals surface area (Å²) in [5.74, 6) is 0.238. The summed E-state index contributed by atoms with van der Waals surface area (Å²) in [5, 5.41) is 6.49. The molecule has 0 bridgehead atoms. The quantitative estimate of drug-likeness (QED) is 0.498. The van der Waals surface area contributed by atoms with E-state index in [9.17, 15) is 9.59 Å². The zero-order valence-electron chi connectivity index (χ0n) is 16.5. The van der Waals surface area contributed by atoms with Gasteiger partial charge in [-0.3, -0.25) is 14.6 Å². The number of hydrogen-bond acceptors (Lipinski definition) is 3. The Labute approximate surface area is 165 Å². The number of guanidine groups is 1. The lowest BCUT2D eigenvalue weighted by molar-refractivity contribution is 0.0827. The molecule has 2 rings (SSSR count). The molecule has 0 fully saturated rings. The molecule has 0 radical (unpaired) electrons. The first-order valence-electron chi connectivity index (χ1n) is 9.04. The number of nitrogens with two attached hydrogens (primary N) is 1. The SMILES string of the molecule is CN=C(NCCc1cccc(C(=O)N(C)C)c1)NCc1ccc(C(N)=O)cc1. The molecule has 2 aromatic rings. The fourth-order valence-corrected chi connectivity index (χ4v) is 2.64. The minimum atomic E-state index is -0.437. The van der Waals surface area contributed by atoms with Gasteiger partial charge in [-0.2, -0.15) is 0 Å². The number of carbonyl (C=O) groups excluding carboxylic acids is 2. The van der Waals surface area contributed by atoms with Crippen LogP contribution in [0, 0.1) is 0 Å². The van der Waals surface area contributed by atoms with Crippen LogP contribution in [0.2, 0.25) is 0 Å². The van der Waals surface area contributed by atoms with E-state index in [1.807, 2.05) is 36.4 Å². The summed E-state index contributed by atoms with van der Waals surface area (Å²) in [6.45, 7) is 1.26. The average Bonchev–Trinajstić information content (AvgIpc) is 2.70. The summed E-state index contributed by atoms with van der Waals surface area (Å²) >= 11 is 0. The van der Waals surface area contributed by atoms with Crippen molar-refractivity contribution >= 4 is 17.8 Å². The number of amides is 2. The van der Waals surface area contributed by atoms with Crippen LogP contribution in [0.4, 0.5) is 0 Å². The van der Waals surface area contributed by atoms with E-state index in [0.29, 0.717) is 30.2 Å². The number of aliphatic imine (C=N–C) groups is 1. The molecule has 0 spiro atoms. The molecule has 0 saturated heterocycles. The van der Waals surface area contributed by atoms with Gasteiger partial charge in [-0.15, -0.1) is 0 Å². The molecule has 0 saturated carbocycles. The van der Waals surface area contributed by atoms with Gasteiger partial charge in [0, 0.05) is 45.4 Å². The largest absolute Gasteiger partial charge is 0.366 e. The first kappa shape index (κ1) is 21.0. The van der Waals surface area contributed by atoms with Crippen molar-refractivity contribution < 1.29 is 9.59 Å². The van der Waals surface area contributed by atoms with Crippen LogP contribution in [-0.2, 0) is 13.0 Å². The van der Waals surface area contributed by atoms with E-state index >= 15 is 0 Å². The van der Waals surface area contributed by atoms with Gasteiger partial charge in [0.25, 0.3) is 5.91 Å².